The molecule has 0 atom stereocenters. The molecule has 0 aliphatic carbocycles. The molecule has 0 saturated carbocycles. The summed E-state index contributed by atoms with van der Waals surface area (Å²) in [6.45, 7) is 0. The second kappa shape index (κ2) is 7.30. The molecule has 8 rings (SSSR count). The van der Waals surface area contributed by atoms with Gasteiger partial charge in [0, 0.05) is 27.3 Å². The minimum absolute atomic E-state index is 0.911. The topological polar surface area (TPSA) is 30.4 Å². The lowest BCUT2D eigenvalue weighted by atomic mass is 9.99. The van der Waals surface area contributed by atoms with E-state index in [0.717, 1.165) is 60.9 Å². The molecule has 0 bridgehead atoms. The van der Waals surface area contributed by atoms with E-state index in [1.165, 1.54) is 10.9 Å². The summed E-state index contributed by atoms with van der Waals surface area (Å²) in [6.07, 6.45) is 0. The molecule has 0 amide bonds. The van der Waals surface area contributed by atoms with E-state index in [9.17, 15) is 0 Å². The molecule has 3 heterocycles. The van der Waals surface area contributed by atoms with E-state index in [1.54, 1.807) is 0 Å². The molecule has 3 heteroatoms. The lowest BCUT2D eigenvalue weighted by Gasteiger charge is -2.11. The van der Waals surface area contributed by atoms with Crippen molar-refractivity contribution in [3.8, 4) is 22.4 Å². The van der Waals surface area contributed by atoms with E-state index in [0.29, 0.717) is 0 Å². The van der Waals surface area contributed by atoms with Crippen molar-refractivity contribution < 1.29 is 4.42 Å². The highest BCUT2D eigenvalue weighted by atomic mass is 16.3. The van der Waals surface area contributed by atoms with Crippen molar-refractivity contribution in [1.82, 2.24) is 9.38 Å². The second-order valence-electron chi connectivity index (χ2n) is 9.23. The van der Waals surface area contributed by atoms with Gasteiger partial charge in [-0.2, -0.15) is 0 Å². The number of aromatic nitrogens is 2. The summed E-state index contributed by atoms with van der Waals surface area (Å²) < 4.78 is 8.66. The van der Waals surface area contributed by atoms with E-state index in [1.807, 2.05) is 12.1 Å². The molecule has 0 fully saturated rings. The fraction of sp³-hybridized carbons (Fsp3) is 0. The highest BCUT2D eigenvalue weighted by Crippen LogP contribution is 2.38. The lowest BCUT2D eigenvalue weighted by molar-refractivity contribution is 0.670. The van der Waals surface area contributed by atoms with Crippen LogP contribution in [0.3, 0.4) is 0 Å². The summed E-state index contributed by atoms with van der Waals surface area (Å²) in [5.41, 5.74) is 10.5. The maximum atomic E-state index is 6.33. The first-order chi connectivity index (χ1) is 17.8. The smallest absolute Gasteiger partial charge is 0.143 e. The van der Waals surface area contributed by atoms with Crippen LogP contribution in [0.25, 0.3) is 71.8 Å². The number of para-hydroxylation sites is 5. The zero-order chi connectivity index (χ0) is 23.6. The summed E-state index contributed by atoms with van der Waals surface area (Å²) in [5, 5.41) is 3.49. The number of fused-ring (bicyclic) bond motifs is 8. The highest BCUT2D eigenvalue weighted by Gasteiger charge is 2.16. The summed E-state index contributed by atoms with van der Waals surface area (Å²) in [5.74, 6) is 0. The molecule has 3 nitrogen and oxygen atoms in total. The molecule has 8 aromatic rings. The van der Waals surface area contributed by atoms with Gasteiger partial charge in [0.15, 0.2) is 0 Å². The Morgan fingerprint density at radius 2 is 1.31 bits per heavy atom. The van der Waals surface area contributed by atoms with Crippen molar-refractivity contribution in [2.45, 2.75) is 0 Å². The van der Waals surface area contributed by atoms with Gasteiger partial charge >= 0.3 is 0 Å². The fourth-order valence-corrected chi connectivity index (χ4v) is 5.54. The molecule has 0 aliphatic rings. The summed E-state index contributed by atoms with van der Waals surface area (Å²) in [4.78, 5) is 5.16. The van der Waals surface area contributed by atoms with Crippen molar-refractivity contribution in [2.24, 2.45) is 0 Å². The van der Waals surface area contributed by atoms with E-state index >= 15 is 0 Å². The Labute approximate surface area is 206 Å². The SMILES string of the molecule is c1cc(-c2cccc3c2oc2ccccc23)cc(-c2nc3ccccc3n3c2cc2ccccc23)c1. The van der Waals surface area contributed by atoms with Gasteiger partial charge in [-0.1, -0.05) is 84.9 Å². The number of nitrogens with zero attached hydrogens (tertiary/aromatic N) is 2. The van der Waals surface area contributed by atoms with Crippen LogP contribution in [0, 0.1) is 0 Å². The first-order valence-corrected chi connectivity index (χ1v) is 12.2. The number of hydrogen-bond donors (Lipinski definition) is 0. The van der Waals surface area contributed by atoms with E-state index < -0.39 is 0 Å². The van der Waals surface area contributed by atoms with Crippen molar-refractivity contribution in [2.75, 3.05) is 0 Å². The Bertz CT molecular complexity index is 2110. The predicted octanol–water partition coefficient (Wildman–Crippen LogP) is 8.87. The van der Waals surface area contributed by atoms with Crippen LogP contribution in [0.15, 0.2) is 126 Å². The fourth-order valence-electron chi connectivity index (χ4n) is 5.54. The normalized spacial score (nSPS) is 11.9. The molecule has 36 heavy (non-hydrogen) atoms. The van der Waals surface area contributed by atoms with Crippen LogP contribution in [0.1, 0.15) is 0 Å². The van der Waals surface area contributed by atoms with Gasteiger partial charge in [-0.05, 0) is 42.0 Å². The number of furan rings is 1. The Morgan fingerprint density at radius 1 is 0.556 bits per heavy atom. The third kappa shape index (κ3) is 2.71. The molecular weight excluding hydrogens is 440 g/mol. The van der Waals surface area contributed by atoms with Gasteiger partial charge < -0.3 is 8.82 Å². The maximum absolute atomic E-state index is 6.33. The molecule has 0 N–H and O–H groups in total. The zero-order valence-corrected chi connectivity index (χ0v) is 19.3. The third-order valence-electron chi connectivity index (χ3n) is 7.16. The third-order valence-corrected chi connectivity index (χ3v) is 7.16. The van der Waals surface area contributed by atoms with Crippen molar-refractivity contribution in [1.29, 1.82) is 0 Å². The van der Waals surface area contributed by atoms with Gasteiger partial charge in [0.05, 0.1) is 27.8 Å². The van der Waals surface area contributed by atoms with E-state index in [-0.39, 0.29) is 0 Å². The molecule has 0 aliphatic heterocycles. The monoisotopic (exact) mass is 460 g/mol. The first kappa shape index (κ1) is 19.4. The second-order valence-corrected chi connectivity index (χ2v) is 9.23. The Morgan fingerprint density at radius 3 is 2.28 bits per heavy atom. The van der Waals surface area contributed by atoms with Crippen LogP contribution in [-0.2, 0) is 0 Å². The molecule has 0 spiro atoms. The Kier molecular flexibility index (Phi) is 3.94. The average Bonchev–Trinajstić information content (AvgIpc) is 3.52. The Balaban J connectivity index is 1.41. The van der Waals surface area contributed by atoms with Crippen molar-refractivity contribution in [3.05, 3.63) is 121 Å². The quantitative estimate of drug-likeness (QED) is 0.258. The van der Waals surface area contributed by atoms with Crippen LogP contribution in [0.2, 0.25) is 0 Å². The van der Waals surface area contributed by atoms with Crippen molar-refractivity contribution in [3.63, 3.8) is 0 Å². The molecule has 0 saturated heterocycles. The summed E-state index contributed by atoms with van der Waals surface area (Å²) in [7, 11) is 0. The lowest BCUT2D eigenvalue weighted by Crippen LogP contribution is -1.95. The first-order valence-electron chi connectivity index (χ1n) is 12.2. The largest absolute Gasteiger partial charge is 0.455 e. The van der Waals surface area contributed by atoms with Crippen LogP contribution >= 0.6 is 0 Å². The maximum Gasteiger partial charge on any atom is 0.143 e. The van der Waals surface area contributed by atoms with Crippen LogP contribution in [0.5, 0.6) is 0 Å². The molecule has 5 aromatic carbocycles. The Hall–Kier alpha value is -4.89. The van der Waals surface area contributed by atoms with Gasteiger partial charge in [-0.25, -0.2) is 4.98 Å². The summed E-state index contributed by atoms with van der Waals surface area (Å²) >= 11 is 0. The van der Waals surface area contributed by atoms with Gasteiger partial charge in [0.25, 0.3) is 0 Å². The van der Waals surface area contributed by atoms with Crippen LogP contribution in [-0.4, -0.2) is 9.38 Å². The molecule has 168 valence electrons. The molecule has 3 aromatic heterocycles. The number of benzene rings is 5. The predicted molar refractivity (Wildman–Crippen MR) is 148 cm³/mol. The standard InChI is InChI=1S/C33H20N2O/c1-4-16-28-22(9-1)20-30-32(34-27-15-3-5-17-29(27)35(28)30)23-11-7-10-21(19-23)24-13-8-14-26-25-12-2-6-18-31(25)36-33(24)26/h1-20H. The van der Waals surface area contributed by atoms with Crippen molar-refractivity contribution >= 4 is 49.4 Å². The minimum atomic E-state index is 0.911. The average molecular weight is 461 g/mol. The van der Waals surface area contributed by atoms with Gasteiger partial charge in [-0.3, -0.25) is 0 Å². The molecular formula is C33H20N2O. The van der Waals surface area contributed by atoms with Crippen LogP contribution in [0.4, 0.5) is 0 Å². The number of hydrogen-bond acceptors (Lipinski definition) is 2. The zero-order valence-electron chi connectivity index (χ0n) is 19.3. The molecule has 0 unspecified atom stereocenters. The van der Waals surface area contributed by atoms with Gasteiger partial charge in [-0.15, -0.1) is 0 Å². The molecule has 0 radical (unpaired) electrons. The summed E-state index contributed by atoms with van der Waals surface area (Å²) in [6, 6.07) is 42.4. The van der Waals surface area contributed by atoms with E-state index in [4.69, 9.17) is 9.40 Å². The number of rotatable bonds is 2. The van der Waals surface area contributed by atoms with Crippen LogP contribution < -0.4 is 0 Å². The minimum Gasteiger partial charge on any atom is -0.455 e. The van der Waals surface area contributed by atoms with Gasteiger partial charge in [0.1, 0.15) is 11.2 Å². The van der Waals surface area contributed by atoms with E-state index in [2.05, 4.69) is 114 Å². The van der Waals surface area contributed by atoms with Gasteiger partial charge in [0.2, 0.25) is 0 Å². The highest BCUT2D eigenvalue weighted by molar-refractivity contribution is 6.09.